The van der Waals surface area contributed by atoms with Gasteiger partial charge in [0.1, 0.15) is 5.75 Å². The Bertz CT molecular complexity index is 623. The zero-order chi connectivity index (χ0) is 19.1. The van der Waals surface area contributed by atoms with Crippen LogP contribution in [-0.2, 0) is 4.79 Å². The number of likely N-dealkylation sites (N-methyl/N-ethyl adjacent to an activating group) is 1. The Kier molecular flexibility index (Phi) is 7.45. The van der Waals surface area contributed by atoms with E-state index in [2.05, 4.69) is 5.32 Å². The number of nitrogens with zero attached hydrogens (tertiary/aromatic N) is 2. The minimum atomic E-state index is 0.0213. The Morgan fingerprint density at radius 3 is 2.58 bits per heavy atom. The fourth-order valence-electron chi connectivity index (χ4n) is 3.24. The number of aryl methyl sites for hydroxylation is 1. The maximum absolute atomic E-state index is 12.6. The monoisotopic (exact) mass is 361 g/mol. The lowest BCUT2D eigenvalue weighted by molar-refractivity contribution is -0.121. The van der Waals surface area contributed by atoms with Crippen molar-refractivity contribution < 1.29 is 14.7 Å². The first-order valence-corrected chi connectivity index (χ1v) is 9.37. The fraction of sp³-hybridized carbons (Fsp3) is 0.600. The van der Waals surface area contributed by atoms with E-state index in [-0.39, 0.29) is 17.6 Å². The van der Waals surface area contributed by atoms with Crippen LogP contribution in [-0.4, -0.2) is 67.0 Å². The molecule has 0 bridgehead atoms. The van der Waals surface area contributed by atoms with Crippen LogP contribution in [0.2, 0.25) is 0 Å². The van der Waals surface area contributed by atoms with Gasteiger partial charge in [0.05, 0.1) is 0 Å². The Morgan fingerprint density at radius 1 is 1.27 bits per heavy atom. The van der Waals surface area contributed by atoms with Crippen LogP contribution in [0.4, 0.5) is 0 Å². The van der Waals surface area contributed by atoms with Crippen LogP contribution in [0.5, 0.6) is 5.75 Å². The van der Waals surface area contributed by atoms with Gasteiger partial charge in [-0.05, 0) is 70.0 Å². The summed E-state index contributed by atoms with van der Waals surface area (Å²) in [4.78, 5) is 28.4. The summed E-state index contributed by atoms with van der Waals surface area (Å²) in [6.45, 7) is 4.78. The van der Waals surface area contributed by atoms with E-state index in [4.69, 9.17) is 0 Å². The molecule has 0 saturated carbocycles. The van der Waals surface area contributed by atoms with E-state index < -0.39 is 0 Å². The number of amides is 2. The first-order chi connectivity index (χ1) is 12.4. The number of phenolic OH excluding ortho intramolecular Hbond substituents is 1. The Hall–Kier alpha value is -2.08. The van der Waals surface area contributed by atoms with E-state index >= 15 is 0 Å². The van der Waals surface area contributed by atoms with E-state index in [1.807, 2.05) is 23.9 Å². The standard InChI is InChI=1S/C20H31N3O3/c1-15-14-17(5-6-18(15)24)20(26)23-11-8-16(9-12-23)4-7-19(25)21-10-13-22(2)3/h5-6,14,16,24H,4,7-13H2,1-3H3,(H,21,25). The van der Waals surface area contributed by atoms with Crippen LogP contribution in [0.1, 0.15) is 41.6 Å². The molecule has 2 N–H and O–H groups in total. The molecule has 1 aliphatic heterocycles. The molecular formula is C20H31N3O3. The molecule has 1 fully saturated rings. The fourth-order valence-corrected chi connectivity index (χ4v) is 3.24. The van der Waals surface area contributed by atoms with Gasteiger partial charge in [-0.15, -0.1) is 0 Å². The highest BCUT2D eigenvalue weighted by atomic mass is 16.3. The molecule has 144 valence electrons. The summed E-state index contributed by atoms with van der Waals surface area (Å²) in [5.41, 5.74) is 1.34. The second-order valence-corrected chi connectivity index (χ2v) is 7.43. The smallest absolute Gasteiger partial charge is 0.253 e. The minimum Gasteiger partial charge on any atom is -0.508 e. The van der Waals surface area contributed by atoms with Crippen molar-refractivity contribution in [3.8, 4) is 5.75 Å². The number of likely N-dealkylation sites (tertiary alicyclic amines) is 1. The molecule has 2 amide bonds. The lowest BCUT2D eigenvalue weighted by atomic mass is 9.91. The van der Waals surface area contributed by atoms with Crippen LogP contribution in [0.15, 0.2) is 18.2 Å². The predicted octanol–water partition coefficient (Wildman–Crippen LogP) is 2.01. The van der Waals surface area contributed by atoms with E-state index in [1.54, 1.807) is 25.1 Å². The molecule has 1 aliphatic rings. The zero-order valence-corrected chi connectivity index (χ0v) is 16.1. The van der Waals surface area contributed by atoms with Crippen molar-refractivity contribution >= 4 is 11.8 Å². The van der Waals surface area contributed by atoms with Crippen LogP contribution >= 0.6 is 0 Å². The van der Waals surface area contributed by atoms with Gasteiger partial charge in [-0.1, -0.05) is 0 Å². The lowest BCUT2D eigenvalue weighted by Crippen LogP contribution is -2.39. The quantitative estimate of drug-likeness (QED) is 0.779. The average molecular weight is 361 g/mol. The molecule has 26 heavy (non-hydrogen) atoms. The highest BCUT2D eigenvalue weighted by Crippen LogP contribution is 2.24. The van der Waals surface area contributed by atoms with Gasteiger partial charge in [0.2, 0.25) is 5.91 Å². The molecule has 0 unspecified atom stereocenters. The third-order valence-corrected chi connectivity index (χ3v) is 5.01. The molecule has 1 aromatic rings. The van der Waals surface area contributed by atoms with Crippen LogP contribution in [0, 0.1) is 12.8 Å². The maximum Gasteiger partial charge on any atom is 0.253 e. The van der Waals surface area contributed by atoms with E-state index in [0.717, 1.165) is 38.9 Å². The third kappa shape index (κ3) is 6.02. The van der Waals surface area contributed by atoms with Crippen molar-refractivity contribution in [3.63, 3.8) is 0 Å². The molecular weight excluding hydrogens is 330 g/mol. The topological polar surface area (TPSA) is 72.9 Å². The molecule has 0 spiro atoms. The van der Waals surface area contributed by atoms with Gasteiger partial charge in [0.15, 0.2) is 0 Å². The molecule has 1 aromatic carbocycles. The first kappa shape index (κ1) is 20.2. The highest BCUT2D eigenvalue weighted by molar-refractivity contribution is 5.94. The van der Waals surface area contributed by atoms with E-state index in [1.165, 1.54) is 0 Å². The predicted molar refractivity (Wildman–Crippen MR) is 102 cm³/mol. The number of carbonyl (C=O) groups excluding carboxylic acids is 2. The van der Waals surface area contributed by atoms with Crippen molar-refractivity contribution in [1.29, 1.82) is 0 Å². The van der Waals surface area contributed by atoms with Gasteiger partial charge < -0.3 is 20.2 Å². The Morgan fingerprint density at radius 2 is 1.96 bits per heavy atom. The maximum atomic E-state index is 12.6. The van der Waals surface area contributed by atoms with Crippen molar-refractivity contribution in [2.75, 3.05) is 40.3 Å². The lowest BCUT2D eigenvalue weighted by Gasteiger charge is -2.32. The molecule has 6 heteroatoms. The number of phenols is 1. The Balaban J connectivity index is 1.72. The van der Waals surface area contributed by atoms with Gasteiger partial charge in [-0.3, -0.25) is 9.59 Å². The summed E-state index contributed by atoms with van der Waals surface area (Å²) in [6, 6.07) is 4.99. The number of carbonyl (C=O) groups is 2. The van der Waals surface area contributed by atoms with Gasteiger partial charge in [-0.25, -0.2) is 0 Å². The van der Waals surface area contributed by atoms with Crippen LogP contribution in [0.3, 0.4) is 0 Å². The van der Waals surface area contributed by atoms with Crippen molar-refractivity contribution in [2.45, 2.75) is 32.6 Å². The number of benzene rings is 1. The van der Waals surface area contributed by atoms with Gasteiger partial charge >= 0.3 is 0 Å². The van der Waals surface area contributed by atoms with E-state index in [0.29, 0.717) is 30.0 Å². The molecule has 2 rings (SSSR count). The number of nitrogens with one attached hydrogen (secondary N) is 1. The summed E-state index contributed by atoms with van der Waals surface area (Å²) in [7, 11) is 3.97. The molecule has 0 aromatic heterocycles. The zero-order valence-electron chi connectivity index (χ0n) is 16.1. The van der Waals surface area contributed by atoms with E-state index in [9.17, 15) is 14.7 Å². The third-order valence-electron chi connectivity index (χ3n) is 5.01. The molecule has 0 aliphatic carbocycles. The number of hydrogen-bond acceptors (Lipinski definition) is 4. The molecule has 1 heterocycles. The number of rotatable bonds is 7. The number of aromatic hydroxyl groups is 1. The van der Waals surface area contributed by atoms with Crippen LogP contribution in [0.25, 0.3) is 0 Å². The molecule has 1 saturated heterocycles. The summed E-state index contributed by atoms with van der Waals surface area (Å²) in [5.74, 6) is 0.849. The molecule has 0 atom stereocenters. The molecule has 0 radical (unpaired) electrons. The average Bonchev–Trinajstić information content (AvgIpc) is 2.62. The summed E-state index contributed by atoms with van der Waals surface area (Å²) in [5, 5.41) is 12.5. The van der Waals surface area contributed by atoms with Gasteiger partial charge in [0.25, 0.3) is 5.91 Å². The van der Waals surface area contributed by atoms with Gasteiger partial charge in [-0.2, -0.15) is 0 Å². The second-order valence-electron chi connectivity index (χ2n) is 7.43. The van der Waals surface area contributed by atoms with Gasteiger partial charge in [0, 0.05) is 38.2 Å². The minimum absolute atomic E-state index is 0.0213. The second kappa shape index (κ2) is 9.57. The summed E-state index contributed by atoms with van der Waals surface area (Å²) >= 11 is 0. The normalized spacial score (nSPS) is 15.3. The highest BCUT2D eigenvalue weighted by Gasteiger charge is 2.24. The van der Waals surface area contributed by atoms with Crippen molar-refractivity contribution in [3.05, 3.63) is 29.3 Å². The van der Waals surface area contributed by atoms with Crippen molar-refractivity contribution in [2.24, 2.45) is 5.92 Å². The first-order valence-electron chi connectivity index (χ1n) is 9.37. The summed E-state index contributed by atoms with van der Waals surface area (Å²) in [6.07, 6.45) is 3.32. The number of hydrogen-bond donors (Lipinski definition) is 2. The molecule has 6 nitrogen and oxygen atoms in total. The van der Waals surface area contributed by atoms with Crippen molar-refractivity contribution in [1.82, 2.24) is 15.1 Å². The largest absolute Gasteiger partial charge is 0.508 e. The Labute approximate surface area is 156 Å². The summed E-state index contributed by atoms with van der Waals surface area (Å²) < 4.78 is 0. The van der Waals surface area contributed by atoms with Crippen LogP contribution < -0.4 is 5.32 Å². The SMILES string of the molecule is Cc1cc(C(=O)N2CCC(CCC(=O)NCCN(C)C)CC2)ccc1O. The number of piperidine rings is 1.